The first-order chi connectivity index (χ1) is 24.3. The van der Waals surface area contributed by atoms with E-state index < -0.39 is 29.6 Å². The monoisotopic (exact) mass is 686 g/mol. The Morgan fingerprint density at radius 1 is 0.900 bits per heavy atom. The summed E-state index contributed by atoms with van der Waals surface area (Å²) in [7, 11) is 0. The fourth-order valence-corrected chi connectivity index (χ4v) is 8.25. The third-order valence-electron chi connectivity index (χ3n) is 10.5. The third-order valence-corrected chi connectivity index (χ3v) is 10.5. The summed E-state index contributed by atoms with van der Waals surface area (Å²) in [5.41, 5.74) is 1.34. The highest BCUT2D eigenvalue weighted by atomic mass is 16.5. The quantitative estimate of drug-likeness (QED) is 0.152. The summed E-state index contributed by atoms with van der Waals surface area (Å²) in [6, 6.07) is 14.4. The molecule has 50 heavy (non-hydrogen) atoms. The van der Waals surface area contributed by atoms with Crippen molar-refractivity contribution in [1.29, 1.82) is 0 Å². The molecule has 0 radical (unpaired) electrons. The summed E-state index contributed by atoms with van der Waals surface area (Å²) >= 11 is 0. The first kappa shape index (κ1) is 37.1. The lowest BCUT2D eigenvalue weighted by Gasteiger charge is -2.37. The molecule has 5 rings (SSSR count). The van der Waals surface area contributed by atoms with E-state index in [2.05, 4.69) is 31.9 Å². The molecule has 2 unspecified atom stereocenters. The van der Waals surface area contributed by atoms with Gasteiger partial charge in [0.1, 0.15) is 17.4 Å². The van der Waals surface area contributed by atoms with Crippen molar-refractivity contribution >= 4 is 34.8 Å². The molecule has 3 saturated heterocycles. The molecule has 2 aromatic rings. The van der Waals surface area contributed by atoms with Gasteiger partial charge in [0, 0.05) is 56.4 Å². The van der Waals surface area contributed by atoms with E-state index in [1.807, 2.05) is 55.5 Å². The Morgan fingerprint density at radius 3 is 2.06 bits per heavy atom. The smallest absolute Gasteiger partial charge is 0.253 e. The fourth-order valence-electron chi connectivity index (χ4n) is 8.25. The van der Waals surface area contributed by atoms with E-state index in [1.54, 1.807) is 26.9 Å². The van der Waals surface area contributed by atoms with Gasteiger partial charge in [-0.1, -0.05) is 25.0 Å². The molecule has 10 heteroatoms. The number of carbonyl (C=O) groups excluding carboxylic acids is 3. The summed E-state index contributed by atoms with van der Waals surface area (Å²) in [5, 5.41) is 9.30. The number of aliphatic hydroxyl groups excluding tert-OH is 1. The van der Waals surface area contributed by atoms with Crippen molar-refractivity contribution in [2.75, 3.05) is 60.6 Å². The van der Waals surface area contributed by atoms with Crippen molar-refractivity contribution in [2.24, 2.45) is 11.8 Å². The van der Waals surface area contributed by atoms with Crippen LogP contribution >= 0.6 is 0 Å². The second-order valence-corrected chi connectivity index (χ2v) is 13.3. The lowest BCUT2D eigenvalue weighted by Crippen LogP contribution is -2.56. The van der Waals surface area contributed by atoms with Gasteiger partial charge < -0.3 is 34.2 Å². The number of fused-ring (bicyclic) bond motifs is 1. The highest BCUT2D eigenvalue weighted by Gasteiger charge is 2.75. The first-order valence-corrected chi connectivity index (χ1v) is 18.3. The molecule has 3 amide bonds. The van der Waals surface area contributed by atoms with Crippen LogP contribution in [-0.2, 0) is 19.1 Å². The Morgan fingerprint density at radius 2 is 1.48 bits per heavy atom. The van der Waals surface area contributed by atoms with Gasteiger partial charge in [-0.05, 0) is 95.0 Å². The summed E-state index contributed by atoms with van der Waals surface area (Å²) < 4.78 is 12.4. The second-order valence-electron chi connectivity index (χ2n) is 13.3. The number of unbranched alkanes of at least 4 members (excludes halogenated alkanes) is 3. The molecule has 5 atom stereocenters. The molecule has 10 nitrogen and oxygen atoms in total. The van der Waals surface area contributed by atoms with Crippen LogP contribution in [0.15, 0.2) is 73.8 Å². The molecule has 3 fully saturated rings. The SMILES string of the molecule is C=CCN(C(=O)C1N(CCCCCCO)C(=O)[C@@H]2[C@@H](C(=O)N(CC=C)c3ccc(OCC)cc3)[C@H]3CCC12O3)c1ccc(N(CC)CC)cc1. The van der Waals surface area contributed by atoms with Gasteiger partial charge in [-0.15, -0.1) is 13.2 Å². The molecule has 3 aliphatic heterocycles. The fraction of sp³-hybridized carbons (Fsp3) is 0.525. The average Bonchev–Trinajstić information content (AvgIpc) is 3.77. The highest BCUT2D eigenvalue weighted by molar-refractivity contribution is 6.06. The van der Waals surface area contributed by atoms with E-state index in [0.29, 0.717) is 56.0 Å². The van der Waals surface area contributed by atoms with E-state index in [4.69, 9.17) is 9.47 Å². The Balaban J connectivity index is 1.50. The largest absolute Gasteiger partial charge is 0.494 e. The Labute approximate surface area is 297 Å². The molecule has 0 aromatic heterocycles. The van der Waals surface area contributed by atoms with Gasteiger partial charge in [0.25, 0.3) is 5.91 Å². The number of rotatable bonds is 19. The standard InChI is InChI=1S/C40H54N4O6/c1-6-25-42(31-19-21-32(22-20-31)49-10-5)37(46)34-33-23-24-40(50-33)35(34)38(47)44(27-13-11-12-14-28-45)36(40)39(48)43(26-7-2)30-17-15-29(16-18-30)41(8-3)9-4/h6-7,15-22,33-36,45H,1-2,8-14,23-28H2,3-5H3/t33-,34+,35+,36?,40?/m1/s1. The van der Waals surface area contributed by atoms with Gasteiger partial charge in [0.05, 0.1) is 24.5 Å². The summed E-state index contributed by atoms with van der Waals surface area (Å²) in [5.74, 6) is -1.45. The normalized spacial score (nSPS) is 23.4. The van der Waals surface area contributed by atoms with Gasteiger partial charge >= 0.3 is 0 Å². The number of amides is 3. The van der Waals surface area contributed by atoms with Crippen LogP contribution in [0.1, 0.15) is 59.3 Å². The molecule has 0 saturated carbocycles. The van der Waals surface area contributed by atoms with E-state index in [0.717, 1.165) is 31.6 Å². The van der Waals surface area contributed by atoms with Crippen LogP contribution in [0.2, 0.25) is 0 Å². The van der Waals surface area contributed by atoms with E-state index in [1.165, 1.54) is 0 Å². The number of carbonyl (C=O) groups is 3. The zero-order valence-electron chi connectivity index (χ0n) is 30.0. The number of benzene rings is 2. The van der Waals surface area contributed by atoms with E-state index in [-0.39, 0.29) is 37.4 Å². The maximum absolute atomic E-state index is 14.9. The van der Waals surface area contributed by atoms with Crippen molar-refractivity contribution in [3.8, 4) is 5.75 Å². The second kappa shape index (κ2) is 16.7. The molecule has 2 aromatic carbocycles. The van der Waals surface area contributed by atoms with Crippen molar-refractivity contribution in [2.45, 2.75) is 77.0 Å². The van der Waals surface area contributed by atoms with Crippen LogP contribution in [0, 0.1) is 11.8 Å². The number of anilines is 3. The average molecular weight is 687 g/mol. The summed E-state index contributed by atoms with van der Waals surface area (Å²) in [6.45, 7) is 17.3. The number of ether oxygens (including phenoxy) is 2. The van der Waals surface area contributed by atoms with Crippen LogP contribution < -0.4 is 19.4 Å². The lowest BCUT2D eigenvalue weighted by molar-refractivity contribution is -0.140. The van der Waals surface area contributed by atoms with Crippen molar-refractivity contribution in [3.05, 3.63) is 73.8 Å². The van der Waals surface area contributed by atoms with Gasteiger partial charge in [0.2, 0.25) is 11.8 Å². The molecule has 3 aliphatic rings. The van der Waals surface area contributed by atoms with Crippen molar-refractivity contribution in [3.63, 3.8) is 0 Å². The van der Waals surface area contributed by atoms with Crippen molar-refractivity contribution in [1.82, 2.24) is 4.90 Å². The maximum atomic E-state index is 14.9. The van der Waals surface area contributed by atoms with Gasteiger partial charge in [-0.25, -0.2) is 0 Å². The van der Waals surface area contributed by atoms with Crippen LogP contribution in [0.25, 0.3) is 0 Å². The molecular formula is C40H54N4O6. The Hall–Kier alpha value is -4.15. The number of aliphatic hydroxyl groups is 1. The number of nitrogens with zero attached hydrogens (tertiary/aromatic N) is 4. The van der Waals surface area contributed by atoms with Crippen LogP contribution in [0.5, 0.6) is 5.75 Å². The number of hydrogen-bond donors (Lipinski definition) is 1. The molecular weight excluding hydrogens is 632 g/mol. The first-order valence-electron chi connectivity index (χ1n) is 18.3. The third kappa shape index (κ3) is 7.05. The van der Waals surface area contributed by atoms with Crippen molar-refractivity contribution < 1.29 is 29.0 Å². The minimum atomic E-state index is -1.12. The van der Waals surface area contributed by atoms with Crippen LogP contribution in [-0.4, -0.2) is 91.4 Å². The number of hydrogen-bond acceptors (Lipinski definition) is 7. The predicted octanol–water partition coefficient (Wildman–Crippen LogP) is 5.60. The highest BCUT2D eigenvalue weighted by Crippen LogP contribution is 2.59. The van der Waals surface area contributed by atoms with Crippen LogP contribution in [0.4, 0.5) is 17.1 Å². The number of likely N-dealkylation sites (tertiary alicyclic amines) is 1. The molecule has 0 aliphatic carbocycles. The summed E-state index contributed by atoms with van der Waals surface area (Å²) in [4.78, 5) is 51.5. The van der Waals surface area contributed by atoms with Crippen LogP contribution in [0.3, 0.4) is 0 Å². The zero-order valence-corrected chi connectivity index (χ0v) is 30.0. The van der Waals surface area contributed by atoms with Gasteiger partial charge in [0.15, 0.2) is 0 Å². The molecule has 1 N–H and O–H groups in total. The lowest BCUT2D eigenvalue weighted by atomic mass is 9.70. The zero-order chi connectivity index (χ0) is 35.8. The van der Waals surface area contributed by atoms with E-state index in [9.17, 15) is 19.5 Å². The maximum Gasteiger partial charge on any atom is 0.253 e. The topological polar surface area (TPSA) is 103 Å². The molecule has 1 spiro atoms. The molecule has 3 heterocycles. The molecule has 2 bridgehead atoms. The van der Waals surface area contributed by atoms with E-state index >= 15 is 0 Å². The van der Waals surface area contributed by atoms with Gasteiger partial charge in [-0.2, -0.15) is 0 Å². The predicted molar refractivity (Wildman–Crippen MR) is 198 cm³/mol. The molecule has 270 valence electrons. The minimum Gasteiger partial charge on any atom is -0.494 e. The summed E-state index contributed by atoms with van der Waals surface area (Å²) in [6.07, 6.45) is 7.00. The Kier molecular flexibility index (Phi) is 12.4. The van der Waals surface area contributed by atoms with Gasteiger partial charge in [-0.3, -0.25) is 14.4 Å². The Bertz CT molecular complexity index is 1490. The minimum absolute atomic E-state index is 0.118.